The molecule has 3 atom stereocenters. The van der Waals surface area contributed by atoms with E-state index in [1.807, 2.05) is 6.92 Å². The SMILES string of the molecule is CC[C@@H](CO)N1C(=O)CO[C@H](c2cc(F)cc(Cl)c2)[C@H]1c1ccc(Cl)cc1. The van der Waals surface area contributed by atoms with Gasteiger partial charge in [0, 0.05) is 10.0 Å². The number of morpholine rings is 1. The van der Waals surface area contributed by atoms with Gasteiger partial charge in [0.25, 0.3) is 0 Å². The maximum Gasteiger partial charge on any atom is 0.249 e. The van der Waals surface area contributed by atoms with Gasteiger partial charge in [0.05, 0.1) is 18.7 Å². The van der Waals surface area contributed by atoms with Crippen LogP contribution in [0.15, 0.2) is 42.5 Å². The number of benzene rings is 2. The maximum atomic E-state index is 14.0. The third-order valence-corrected chi connectivity index (χ3v) is 5.23. The number of halogens is 3. The van der Waals surface area contributed by atoms with Gasteiger partial charge in [-0.05, 0) is 47.9 Å². The molecule has 1 aliphatic rings. The number of hydrogen-bond acceptors (Lipinski definition) is 3. The molecule has 27 heavy (non-hydrogen) atoms. The van der Waals surface area contributed by atoms with Gasteiger partial charge in [-0.25, -0.2) is 4.39 Å². The molecular formula is C20H20Cl2FNO3. The first-order valence-corrected chi connectivity index (χ1v) is 9.45. The van der Waals surface area contributed by atoms with Crippen LogP contribution in [0.3, 0.4) is 0 Å². The summed E-state index contributed by atoms with van der Waals surface area (Å²) in [5.41, 5.74) is 1.31. The molecule has 1 aliphatic heterocycles. The molecule has 1 heterocycles. The Bertz CT molecular complexity index is 791. The van der Waals surface area contributed by atoms with Crippen molar-refractivity contribution in [2.24, 2.45) is 0 Å². The second-order valence-corrected chi connectivity index (χ2v) is 7.35. The smallest absolute Gasteiger partial charge is 0.249 e. The van der Waals surface area contributed by atoms with E-state index in [1.165, 1.54) is 12.1 Å². The molecule has 3 rings (SSSR count). The molecule has 1 N–H and O–H groups in total. The molecule has 0 spiro atoms. The Hall–Kier alpha value is -1.66. The van der Waals surface area contributed by atoms with Crippen LogP contribution in [-0.4, -0.2) is 35.2 Å². The summed E-state index contributed by atoms with van der Waals surface area (Å²) in [6.45, 7) is 1.57. The highest BCUT2D eigenvalue weighted by molar-refractivity contribution is 6.30. The van der Waals surface area contributed by atoms with Gasteiger partial charge in [-0.1, -0.05) is 42.3 Å². The minimum Gasteiger partial charge on any atom is -0.394 e. The first-order valence-electron chi connectivity index (χ1n) is 8.69. The second kappa shape index (κ2) is 8.57. The highest BCUT2D eigenvalue weighted by atomic mass is 35.5. The van der Waals surface area contributed by atoms with Gasteiger partial charge in [0.1, 0.15) is 18.5 Å². The molecule has 2 aromatic rings. The van der Waals surface area contributed by atoms with E-state index in [1.54, 1.807) is 35.2 Å². The summed E-state index contributed by atoms with van der Waals surface area (Å²) in [5, 5.41) is 10.6. The molecule has 0 saturated carbocycles. The lowest BCUT2D eigenvalue weighted by Gasteiger charge is -2.45. The Balaban J connectivity index is 2.12. The van der Waals surface area contributed by atoms with Crippen LogP contribution in [0.5, 0.6) is 0 Å². The maximum absolute atomic E-state index is 14.0. The van der Waals surface area contributed by atoms with E-state index in [9.17, 15) is 14.3 Å². The van der Waals surface area contributed by atoms with Gasteiger partial charge >= 0.3 is 0 Å². The average molecular weight is 412 g/mol. The molecule has 0 aliphatic carbocycles. The molecule has 4 nitrogen and oxygen atoms in total. The van der Waals surface area contributed by atoms with Gasteiger partial charge < -0.3 is 14.7 Å². The molecule has 144 valence electrons. The van der Waals surface area contributed by atoms with Crippen molar-refractivity contribution in [3.05, 3.63) is 69.5 Å². The van der Waals surface area contributed by atoms with E-state index in [0.29, 0.717) is 17.0 Å². The molecule has 1 saturated heterocycles. The summed E-state index contributed by atoms with van der Waals surface area (Å²) < 4.78 is 19.8. The number of carbonyl (C=O) groups is 1. The molecule has 0 aromatic heterocycles. The molecule has 2 aromatic carbocycles. The van der Waals surface area contributed by atoms with Gasteiger partial charge in [0.15, 0.2) is 0 Å². The number of hydrogen-bond donors (Lipinski definition) is 1. The molecular weight excluding hydrogens is 392 g/mol. The largest absolute Gasteiger partial charge is 0.394 e. The van der Waals surface area contributed by atoms with E-state index in [-0.39, 0.29) is 30.2 Å². The van der Waals surface area contributed by atoms with Crippen LogP contribution >= 0.6 is 23.2 Å². The summed E-state index contributed by atoms with van der Waals surface area (Å²) in [6.07, 6.45) is -0.0548. The molecule has 7 heteroatoms. The fraction of sp³-hybridized carbons (Fsp3) is 0.350. The number of aliphatic hydroxyl groups is 1. The zero-order valence-corrected chi connectivity index (χ0v) is 16.3. The van der Waals surface area contributed by atoms with E-state index < -0.39 is 18.0 Å². The lowest BCUT2D eigenvalue weighted by molar-refractivity contribution is -0.165. The second-order valence-electron chi connectivity index (χ2n) is 6.48. The van der Waals surface area contributed by atoms with Gasteiger partial charge in [0.2, 0.25) is 5.91 Å². The van der Waals surface area contributed by atoms with Crippen LogP contribution in [-0.2, 0) is 9.53 Å². The van der Waals surface area contributed by atoms with E-state index in [4.69, 9.17) is 27.9 Å². The number of rotatable bonds is 5. The van der Waals surface area contributed by atoms with Crippen LogP contribution in [0.25, 0.3) is 0 Å². The molecule has 0 unspecified atom stereocenters. The highest BCUT2D eigenvalue weighted by Crippen LogP contribution is 2.42. The Kier molecular flexibility index (Phi) is 6.37. The van der Waals surface area contributed by atoms with Crippen molar-refractivity contribution in [1.29, 1.82) is 0 Å². The van der Waals surface area contributed by atoms with Crippen molar-refractivity contribution in [3.8, 4) is 0 Å². The monoisotopic (exact) mass is 411 g/mol. The van der Waals surface area contributed by atoms with Crippen LogP contribution in [0.1, 0.15) is 36.6 Å². The quantitative estimate of drug-likeness (QED) is 0.785. The fourth-order valence-corrected chi connectivity index (χ4v) is 3.84. The Labute approximate surface area is 167 Å². The van der Waals surface area contributed by atoms with Gasteiger partial charge in [-0.15, -0.1) is 0 Å². The topological polar surface area (TPSA) is 49.8 Å². The molecule has 0 bridgehead atoms. The minimum atomic E-state index is -0.627. The zero-order valence-electron chi connectivity index (χ0n) is 14.7. The third kappa shape index (κ3) is 4.27. The standard InChI is InChI=1S/C20H20Cl2FNO3/c1-2-17(10-25)24-18(26)11-27-20(13-7-15(22)9-16(23)8-13)19(24)12-3-5-14(21)6-4-12/h3-9,17,19-20,25H,2,10-11H2,1H3/t17-,19+,20+/m0/s1. The summed E-state index contributed by atoms with van der Waals surface area (Å²) in [4.78, 5) is 14.3. The van der Waals surface area contributed by atoms with Gasteiger partial charge in [-0.2, -0.15) is 0 Å². The van der Waals surface area contributed by atoms with Crippen molar-refractivity contribution < 1.29 is 19.0 Å². The van der Waals surface area contributed by atoms with E-state index in [0.717, 1.165) is 5.56 Å². The predicted molar refractivity (Wildman–Crippen MR) is 102 cm³/mol. The van der Waals surface area contributed by atoms with Crippen molar-refractivity contribution in [2.45, 2.75) is 31.5 Å². The zero-order chi connectivity index (χ0) is 19.6. The molecule has 0 radical (unpaired) electrons. The normalized spacial score (nSPS) is 21.4. The number of nitrogens with zero attached hydrogens (tertiary/aromatic N) is 1. The van der Waals surface area contributed by atoms with Crippen molar-refractivity contribution >= 4 is 29.1 Å². The Morgan fingerprint density at radius 1 is 1.19 bits per heavy atom. The third-order valence-electron chi connectivity index (χ3n) is 4.76. The lowest BCUT2D eigenvalue weighted by atomic mass is 9.91. The Morgan fingerprint density at radius 2 is 1.89 bits per heavy atom. The number of ether oxygens (including phenoxy) is 1. The highest BCUT2D eigenvalue weighted by Gasteiger charge is 2.41. The number of aliphatic hydroxyl groups excluding tert-OH is 1. The first kappa shape index (κ1) is 20.1. The number of amides is 1. The van der Waals surface area contributed by atoms with Crippen LogP contribution in [0.4, 0.5) is 4.39 Å². The average Bonchev–Trinajstić information content (AvgIpc) is 2.63. The summed E-state index contributed by atoms with van der Waals surface area (Å²) >= 11 is 12.0. The minimum absolute atomic E-state index is 0.153. The van der Waals surface area contributed by atoms with Crippen molar-refractivity contribution in [3.63, 3.8) is 0 Å². The lowest BCUT2D eigenvalue weighted by Crippen LogP contribution is -2.51. The van der Waals surface area contributed by atoms with E-state index >= 15 is 0 Å². The summed E-state index contributed by atoms with van der Waals surface area (Å²) in [5.74, 6) is -0.705. The van der Waals surface area contributed by atoms with Gasteiger partial charge in [-0.3, -0.25) is 4.79 Å². The van der Waals surface area contributed by atoms with Crippen LogP contribution in [0, 0.1) is 5.82 Å². The van der Waals surface area contributed by atoms with Crippen LogP contribution < -0.4 is 0 Å². The fourth-order valence-electron chi connectivity index (χ4n) is 3.49. The summed E-state index contributed by atoms with van der Waals surface area (Å²) in [7, 11) is 0. The van der Waals surface area contributed by atoms with Crippen molar-refractivity contribution in [1.82, 2.24) is 4.90 Å². The van der Waals surface area contributed by atoms with Crippen LogP contribution in [0.2, 0.25) is 10.0 Å². The predicted octanol–water partition coefficient (Wildman–Crippen LogP) is 4.54. The molecule has 1 amide bonds. The van der Waals surface area contributed by atoms with Crippen molar-refractivity contribution in [2.75, 3.05) is 13.2 Å². The summed E-state index contributed by atoms with van der Waals surface area (Å²) in [6, 6.07) is 10.3. The Morgan fingerprint density at radius 3 is 2.48 bits per heavy atom. The van der Waals surface area contributed by atoms with E-state index in [2.05, 4.69) is 0 Å². The number of carbonyl (C=O) groups excluding carboxylic acids is 1. The first-order chi connectivity index (χ1) is 12.9. The molecule has 1 fully saturated rings.